The highest BCUT2D eigenvalue weighted by Gasteiger charge is 2.35. The Labute approximate surface area is 227 Å². The Balaban J connectivity index is 1.62. The Hall–Kier alpha value is -2.73. The minimum Gasteiger partial charge on any atom is -0.481 e. The fourth-order valence-electron chi connectivity index (χ4n) is 5.00. The minimum absolute atomic E-state index is 0.105. The molecule has 214 valence electrons. The second-order valence-corrected chi connectivity index (χ2v) is 12.7. The molecule has 11 heteroatoms. The lowest BCUT2D eigenvalue weighted by Gasteiger charge is -2.31. The summed E-state index contributed by atoms with van der Waals surface area (Å²) < 4.78 is 67.8. The van der Waals surface area contributed by atoms with Crippen LogP contribution in [-0.4, -0.2) is 60.7 Å². The maximum Gasteiger partial charge on any atom is 0.417 e. The first-order valence-corrected chi connectivity index (χ1v) is 14.1. The molecular formula is C28H35F3N2O5S. The Morgan fingerprint density at radius 3 is 2.33 bits per heavy atom. The van der Waals surface area contributed by atoms with Crippen molar-refractivity contribution in [1.82, 2.24) is 9.62 Å². The van der Waals surface area contributed by atoms with Crippen molar-refractivity contribution >= 4 is 22.1 Å². The first-order valence-electron chi connectivity index (χ1n) is 12.6. The van der Waals surface area contributed by atoms with Gasteiger partial charge in [0.05, 0.1) is 23.0 Å². The largest absolute Gasteiger partial charge is 0.481 e. The zero-order valence-electron chi connectivity index (χ0n) is 22.2. The fraction of sp³-hybridized carbons (Fsp3) is 0.464. The SMILES string of the molecule is CN(CC(O)CNC(C)(C)CC1Cc2ccccc2C1)S(=O)(=O)c1ccc(C=CCC(=O)O)c(C(F)(F)F)c1. The highest BCUT2D eigenvalue weighted by Crippen LogP contribution is 2.35. The number of β-amino-alcohol motifs (C(OH)–C–C–N with tert-alkyl or cyclic N) is 1. The average Bonchev–Trinajstić information content (AvgIpc) is 3.23. The van der Waals surface area contributed by atoms with Crippen LogP contribution >= 0.6 is 0 Å². The zero-order chi connectivity index (χ0) is 29.0. The summed E-state index contributed by atoms with van der Waals surface area (Å²) in [4.78, 5) is 10.1. The number of hydrogen-bond acceptors (Lipinski definition) is 5. The van der Waals surface area contributed by atoms with E-state index < -0.39 is 45.2 Å². The maximum absolute atomic E-state index is 13.6. The van der Waals surface area contributed by atoms with Gasteiger partial charge in [-0.25, -0.2) is 8.42 Å². The number of carbonyl (C=O) groups is 1. The monoisotopic (exact) mass is 568 g/mol. The van der Waals surface area contributed by atoms with Gasteiger partial charge in [0.15, 0.2) is 0 Å². The molecule has 0 heterocycles. The van der Waals surface area contributed by atoms with Crippen LogP contribution in [0.15, 0.2) is 53.4 Å². The number of halogens is 3. The first-order chi connectivity index (χ1) is 18.1. The highest BCUT2D eigenvalue weighted by atomic mass is 32.2. The second kappa shape index (κ2) is 12.2. The topological polar surface area (TPSA) is 107 Å². The third kappa shape index (κ3) is 8.38. The van der Waals surface area contributed by atoms with Crippen LogP contribution in [0, 0.1) is 5.92 Å². The smallest absolute Gasteiger partial charge is 0.417 e. The normalized spacial score (nSPS) is 15.7. The number of rotatable bonds is 12. The molecule has 1 unspecified atom stereocenters. The second-order valence-electron chi connectivity index (χ2n) is 10.7. The van der Waals surface area contributed by atoms with Crippen molar-refractivity contribution in [3.8, 4) is 0 Å². The molecule has 0 aromatic heterocycles. The molecule has 0 spiro atoms. The maximum atomic E-state index is 13.6. The molecule has 7 nitrogen and oxygen atoms in total. The van der Waals surface area contributed by atoms with Crippen LogP contribution in [0.4, 0.5) is 13.2 Å². The Morgan fingerprint density at radius 1 is 1.15 bits per heavy atom. The lowest BCUT2D eigenvalue weighted by Crippen LogP contribution is -2.47. The summed E-state index contributed by atoms with van der Waals surface area (Å²) in [5.41, 5.74) is 0.835. The summed E-state index contributed by atoms with van der Waals surface area (Å²) in [6, 6.07) is 10.9. The predicted octanol–water partition coefficient (Wildman–Crippen LogP) is 4.35. The van der Waals surface area contributed by atoms with E-state index in [0.717, 1.165) is 47.9 Å². The molecule has 0 saturated heterocycles. The number of nitrogens with one attached hydrogen (secondary N) is 1. The number of alkyl halides is 3. The van der Waals surface area contributed by atoms with Crippen LogP contribution in [0.5, 0.6) is 0 Å². The minimum atomic E-state index is -4.86. The summed E-state index contributed by atoms with van der Waals surface area (Å²) in [5, 5.41) is 22.6. The van der Waals surface area contributed by atoms with E-state index in [1.807, 2.05) is 26.0 Å². The molecule has 1 atom stereocenters. The van der Waals surface area contributed by atoms with E-state index >= 15 is 0 Å². The number of aliphatic carboxylic acids is 1. The number of carboxylic acids is 1. The van der Waals surface area contributed by atoms with E-state index in [-0.39, 0.29) is 24.2 Å². The number of benzene rings is 2. The average molecular weight is 569 g/mol. The van der Waals surface area contributed by atoms with E-state index in [1.54, 1.807) is 0 Å². The van der Waals surface area contributed by atoms with Crippen LogP contribution < -0.4 is 5.32 Å². The van der Waals surface area contributed by atoms with Gasteiger partial charge in [0.2, 0.25) is 10.0 Å². The van der Waals surface area contributed by atoms with Gasteiger partial charge in [-0.05, 0) is 67.9 Å². The highest BCUT2D eigenvalue weighted by molar-refractivity contribution is 7.89. The van der Waals surface area contributed by atoms with Gasteiger partial charge in [0.25, 0.3) is 0 Å². The molecule has 0 fully saturated rings. The van der Waals surface area contributed by atoms with Gasteiger partial charge in [-0.2, -0.15) is 17.5 Å². The molecule has 0 amide bonds. The molecule has 1 aliphatic rings. The van der Waals surface area contributed by atoms with Gasteiger partial charge in [0.1, 0.15) is 0 Å². The molecule has 39 heavy (non-hydrogen) atoms. The molecule has 1 aliphatic carbocycles. The summed E-state index contributed by atoms with van der Waals surface area (Å²) in [6.45, 7) is 3.83. The quantitative estimate of drug-likeness (QED) is 0.352. The first kappa shape index (κ1) is 30.8. The van der Waals surface area contributed by atoms with E-state index in [4.69, 9.17) is 5.11 Å². The molecule has 0 saturated carbocycles. The van der Waals surface area contributed by atoms with Crippen LogP contribution in [0.1, 0.15) is 48.9 Å². The molecule has 2 aromatic carbocycles. The van der Waals surface area contributed by atoms with E-state index in [2.05, 4.69) is 17.4 Å². The summed E-state index contributed by atoms with van der Waals surface area (Å²) in [6.07, 6.45) is -1.54. The van der Waals surface area contributed by atoms with Crippen LogP contribution in [0.25, 0.3) is 6.08 Å². The number of aliphatic hydroxyl groups excluding tert-OH is 1. The number of fused-ring (bicyclic) bond motifs is 1. The summed E-state index contributed by atoms with van der Waals surface area (Å²) in [5.74, 6) is -0.754. The van der Waals surface area contributed by atoms with Crippen molar-refractivity contribution in [2.24, 2.45) is 5.92 Å². The van der Waals surface area contributed by atoms with Gasteiger partial charge < -0.3 is 15.5 Å². The van der Waals surface area contributed by atoms with Crippen molar-refractivity contribution in [1.29, 1.82) is 0 Å². The van der Waals surface area contributed by atoms with Crippen molar-refractivity contribution < 1.29 is 36.6 Å². The Kier molecular flexibility index (Phi) is 9.64. The van der Waals surface area contributed by atoms with Gasteiger partial charge in [-0.15, -0.1) is 0 Å². The third-order valence-electron chi connectivity index (χ3n) is 6.85. The fourth-order valence-corrected chi connectivity index (χ4v) is 6.23. The molecule has 3 N–H and O–H groups in total. The van der Waals surface area contributed by atoms with Crippen molar-refractivity contribution in [3.05, 3.63) is 70.8 Å². The predicted molar refractivity (Wildman–Crippen MR) is 143 cm³/mol. The van der Waals surface area contributed by atoms with E-state index in [0.29, 0.717) is 12.0 Å². The molecule has 0 radical (unpaired) electrons. The van der Waals surface area contributed by atoms with Crippen LogP contribution in [-0.2, 0) is 33.8 Å². The lowest BCUT2D eigenvalue weighted by atomic mass is 9.88. The number of sulfonamides is 1. The van der Waals surface area contributed by atoms with Crippen molar-refractivity contribution in [2.45, 2.75) is 62.2 Å². The number of hydrogen-bond donors (Lipinski definition) is 3. The van der Waals surface area contributed by atoms with Crippen LogP contribution in [0.3, 0.4) is 0 Å². The summed E-state index contributed by atoms with van der Waals surface area (Å²) >= 11 is 0. The molecular weight excluding hydrogens is 533 g/mol. The molecule has 0 aliphatic heterocycles. The summed E-state index contributed by atoms with van der Waals surface area (Å²) in [7, 11) is -3.14. The third-order valence-corrected chi connectivity index (χ3v) is 8.67. The molecule has 2 aromatic rings. The number of aliphatic hydroxyl groups is 1. The van der Waals surface area contributed by atoms with Gasteiger partial charge >= 0.3 is 12.1 Å². The molecule has 0 bridgehead atoms. The zero-order valence-corrected chi connectivity index (χ0v) is 23.0. The van der Waals surface area contributed by atoms with E-state index in [1.165, 1.54) is 18.2 Å². The standard InChI is InChI=1S/C28H35F3N2O5S/c1-27(2,16-19-13-21-7-4-5-8-22(21)14-19)32-17-23(34)18-33(3)39(37,38)24-12-11-20(9-6-10-26(35)36)25(15-24)28(29,30)31/h4-9,11-12,15,19,23,32,34H,10,13-14,16-18H2,1-3H3,(H,35,36). The van der Waals surface area contributed by atoms with Crippen molar-refractivity contribution in [2.75, 3.05) is 20.1 Å². The lowest BCUT2D eigenvalue weighted by molar-refractivity contribution is -0.138. The van der Waals surface area contributed by atoms with Gasteiger partial charge in [-0.3, -0.25) is 4.79 Å². The van der Waals surface area contributed by atoms with Gasteiger partial charge in [-0.1, -0.05) is 42.5 Å². The number of nitrogens with zero attached hydrogens (tertiary/aromatic N) is 1. The Morgan fingerprint density at radius 2 is 1.77 bits per heavy atom. The van der Waals surface area contributed by atoms with Crippen LogP contribution in [0.2, 0.25) is 0 Å². The van der Waals surface area contributed by atoms with Gasteiger partial charge in [0, 0.05) is 25.7 Å². The molecule has 3 rings (SSSR count). The van der Waals surface area contributed by atoms with E-state index in [9.17, 15) is 31.5 Å². The number of likely N-dealkylation sites (N-methyl/N-ethyl adjacent to an activating group) is 1. The van der Waals surface area contributed by atoms with Crippen molar-refractivity contribution in [3.63, 3.8) is 0 Å². The number of carboxylic acid groups (broad SMARTS) is 1. The Bertz CT molecular complexity index is 1280.